The number of nitrogens with zero attached hydrogens (tertiary/aromatic N) is 3. The van der Waals surface area contributed by atoms with E-state index in [9.17, 15) is 14.3 Å². The number of hydrogen-bond acceptors (Lipinski definition) is 6. The van der Waals surface area contributed by atoms with Gasteiger partial charge < -0.3 is 22.3 Å². The number of benzene rings is 2. The van der Waals surface area contributed by atoms with Crippen molar-refractivity contribution in [2.24, 2.45) is 11.5 Å². The third-order valence-corrected chi connectivity index (χ3v) is 5.83. The fraction of sp³-hybridized carbons (Fsp3) is 0.174. The average molecular weight is 432 g/mol. The van der Waals surface area contributed by atoms with Crippen molar-refractivity contribution in [3.05, 3.63) is 66.0 Å². The highest BCUT2D eigenvalue weighted by molar-refractivity contribution is 6.04. The number of carbonyl (C=O) groups excluding carboxylic acids is 1. The van der Waals surface area contributed by atoms with Gasteiger partial charge in [0, 0.05) is 29.4 Å². The lowest BCUT2D eigenvalue weighted by Crippen LogP contribution is -2.52. The van der Waals surface area contributed by atoms with Gasteiger partial charge in [0.1, 0.15) is 28.6 Å². The molecule has 1 saturated carbocycles. The van der Waals surface area contributed by atoms with Gasteiger partial charge in [-0.15, -0.1) is 0 Å². The largest absolute Gasteiger partial charge is 0.383 e. The van der Waals surface area contributed by atoms with E-state index in [1.165, 1.54) is 10.7 Å². The Morgan fingerprint density at radius 1 is 1.16 bits per heavy atom. The molecular weight excluding hydrogens is 411 g/mol. The van der Waals surface area contributed by atoms with Crippen LogP contribution in [0.3, 0.4) is 0 Å². The Kier molecular flexibility index (Phi) is 4.47. The van der Waals surface area contributed by atoms with Crippen LogP contribution in [0.5, 0.6) is 0 Å². The van der Waals surface area contributed by atoms with Crippen LogP contribution in [0.1, 0.15) is 29.2 Å². The first kappa shape index (κ1) is 20.1. The highest BCUT2D eigenvalue weighted by Gasteiger charge is 2.42. The van der Waals surface area contributed by atoms with Crippen molar-refractivity contribution in [2.45, 2.75) is 24.6 Å². The molecule has 9 heteroatoms. The molecule has 1 amide bonds. The summed E-state index contributed by atoms with van der Waals surface area (Å²) in [7, 11) is 0. The lowest BCUT2D eigenvalue weighted by molar-refractivity contribution is -0.0643. The van der Waals surface area contributed by atoms with Crippen molar-refractivity contribution >= 4 is 22.6 Å². The van der Waals surface area contributed by atoms with Gasteiger partial charge in [-0.25, -0.2) is 14.1 Å². The molecule has 0 radical (unpaired) electrons. The third-order valence-electron chi connectivity index (χ3n) is 5.83. The highest BCUT2D eigenvalue weighted by atomic mass is 19.1. The molecule has 1 fully saturated rings. The average Bonchev–Trinajstić information content (AvgIpc) is 3.08. The van der Waals surface area contributed by atoms with E-state index in [0.29, 0.717) is 28.0 Å². The van der Waals surface area contributed by atoms with E-state index >= 15 is 0 Å². The van der Waals surface area contributed by atoms with Gasteiger partial charge in [0.25, 0.3) is 5.91 Å². The zero-order chi connectivity index (χ0) is 22.6. The number of amides is 1. The number of halogens is 1. The summed E-state index contributed by atoms with van der Waals surface area (Å²) in [6.45, 7) is 0. The molecule has 7 N–H and O–H groups in total. The van der Waals surface area contributed by atoms with Gasteiger partial charge >= 0.3 is 0 Å². The van der Waals surface area contributed by atoms with Crippen LogP contribution in [0.25, 0.3) is 33.4 Å². The Hall–Kier alpha value is -3.82. The maximum atomic E-state index is 14.2. The van der Waals surface area contributed by atoms with E-state index in [2.05, 4.69) is 10.1 Å². The Morgan fingerprint density at radius 2 is 1.88 bits per heavy atom. The zero-order valence-corrected chi connectivity index (χ0v) is 17.0. The number of anilines is 1. The number of primary amides is 1. The molecule has 0 saturated heterocycles. The summed E-state index contributed by atoms with van der Waals surface area (Å²) in [6.07, 6.45) is 0.531. The molecule has 0 bridgehead atoms. The SMILES string of the molecule is NC(=O)c1c(-c2ccc3ccc(-c4ccccc4F)nc3c2)nn(C2CC(N)(O)C2)c1N. The van der Waals surface area contributed by atoms with Gasteiger partial charge in [0.15, 0.2) is 0 Å². The summed E-state index contributed by atoms with van der Waals surface area (Å²) >= 11 is 0. The molecule has 1 aliphatic carbocycles. The van der Waals surface area contributed by atoms with Crippen LogP contribution in [-0.2, 0) is 0 Å². The molecule has 2 aromatic heterocycles. The fourth-order valence-corrected chi connectivity index (χ4v) is 4.18. The Balaban J connectivity index is 1.61. The van der Waals surface area contributed by atoms with E-state index in [0.717, 1.165) is 5.39 Å². The van der Waals surface area contributed by atoms with Crippen molar-refractivity contribution in [3.8, 4) is 22.5 Å². The number of nitrogen functional groups attached to an aromatic ring is 1. The minimum absolute atomic E-state index is 0.0991. The van der Waals surface area contributed by atoms with Gasteiger partial charge in [-0.1, -0.05) is 30.3 Å². The summed E-state index contributed by atoms with van der Waals surface area (Å²) in [5.74, 6) is -0.946. The smallest absolute Gasteiger partial charge is 0.254 e. The predicted molar refractivity (Wildman–Crippen MR) is 119 cm³/mol. The highest BCUT2D eigenvalue weighted by Crippen LogP contribution is 2.41. The Labute approximate surface area is 182 Å². The molecule has 0 aliphatic heterocycles. The molecule has 32 heavy (non-hydrogen) atoms. The zero-order valence-electron chi connectivity index (χ0n) is 17.0. The number of aliphatic hydroxyl groups is 1. The van der Waals surface area contributed by atoms with Crippen molar-refractivity contribution in [3.63, 3.8) is 0 Å². The second-order valence-electron chi connectivity index (χ2n) is 8.17. The molecule has 0 unspecified atom stereocenters. The number of carbonyl (C=O) groups is 1. The van der Waals surface area contributed by atoms with Gasteiger partial charge in [0.2, 0.25) is 0 Å². The van der Waals surface area contributed by atoms with E-state index in [1.54, 1.807) is 36.4 Å². The molecule has 8 nitrogen and oxygen atoms in total. The number of fused-ring (bicyclic) bond motifs is 1. The molecule has 0 atom stereocenters. The van der Waals surface area contributed by atoms with E-state index in [1.807, 2.05) is 12.1 Å². The maximum Gasteiger partial charge on any atom is 0.254 e. The molecule has 1 aliphatic rings. The second-order valence-corrected chi connectivity index (χ2v) is 8.17. The Morgan fingerprint density at radius 3 is 2.56 bits per heavy atom. The number of rotatable bonds is 4. The fourth-order valence-electron chi connectivity index (χ4n) is 4.18. The first-order valence-corrected chi connectivity index (χ1v) is 10.1. The van der Waals surface area contributed by atoms with Crippen molar-refractivity contribution in [1.82, 2.24) is 14.8 Å². The van der Waals surface area contributed by atoms with Gasteiger partial charge in [-0.2, -0.15) is 5.10 Å². The number of hydrogen-bond donors (Lipinski definition) is 4. The van der Waals surface area contributed by atoms with Crippen LogP contribution in [0.4, 0.5) is 10.2 Å². The lowest BCUT2D eigenvalue weighted by Gasteiger charge is -2.40. The van der Waals surface area contributed by atoms with Crippen LogP contribution < -0.4 is 17.2 Å². The molecule has 2 heterocycles. The molecule has 5 rings (SSSR count). The Bertz CT molecular complexity index is 1370. The first-order valence-electron chi connectivity index (χ1n) is 10.1. The van der Waals surface area contributed by atoms with Crippen LogP contribution in [-0.4, -0.2) is 31.5 Å². The van der Waals surface area contributed by atoms with Gasteiger partial charge in [-0.05, 0) is 24.3 Å². The summed E-state index contributed by atoms with van der Waals surface area (Å²) in [4.78, 5) is 16.8. The van der Waals surface area contributed by atoms with Gasteiger partial charge in [-0.3, -0.25) is 4.79 Å². The predicted octanol–water partition coefficient (Wildman–Crippen LogP) is 2.57. The summed E-state index contributed by atoms with van der Waals surface area (Å²) in [6, 6.07) is 15.2. The molecule has 2 aromatic carbocycles. The first-order chi connectivity index (χ1) is 15.2. The normalized spacial score (nSPS) is 20.3. The number of aromatic nitrogens is 3. The number of nitrogens with two attached hydrogens (primary N) is 3. The van der Waals surface area contributed by atoms with E-state index in [-0.39, 0.29) is 36.1 Å². The van der Waals surface area contributed by atoms with Crippen molar-refractivity contribution in [2.75, 3.05) is 5.73 Å². The van der Waals surface area contributed by atoms with Crippen molar-refractivity contribution < 1.29 is 14.3 Å². The summed E-state index contributed by atoms with van der Waals surface area (Å²) in [5.41, 5.74) is 18.7. The van der Waals surface area contributed by atoms with E-state index < -0.39 is 11.6 Å². The molecule has 162 valence electrons. The molecule has 0 spiro atoms. The second kappa shape index (κ2) is 7.11. The third kappa shape index (κ3) is 3.28. The van der Waals surface area contributed by atoms with Crippen molar-refractivity contribution in [1.29, 1.82) is 0 Å². The quantitative estimate of drug-likeness (QED) is 0.365. The van der Waals surface area contributed by atoms with Crippen LogP contribution in [0.15, 0.2) is 54.6 Å². The topological polar surface area (TPSA) is 146 Å². The minimum Gasteiger partial charge on any atom is -0.383 e. The molecule has 4 aromatic rings. The van der Waals surface area contributed by atoms with Crippen LogP contribution >= 0.6 is 0 Å². The minimum atomic E-state index is -1.27. The lowest BCUT2D eigenvalue weighted by atomic mass is 9.83. The maximum absolute atomic E-state index is 14.2. The number of pyridine rings is 1. The monoisotopic (exact) mass is 432 g/mol. The van der Waals surface area contributed by atoms with Gasteiger partial charge in [0.05, 0.1) is 17.3 Å². The summed E-state index contributed by atoms with van der Waals surface area (Å²) in [5, 5.41) is 15.2. The van der Waals surface area contributed by atoms with Crippen LogP contribution in [0.2, 0.25) is 0 Å². The molecular formula is C23H21FN6O2. The van der Waals surface area contributed by atoms with Crippen LogP contribution in [0, 0.1) is 5.82 Å². The standard InChI is InChI=1S/C23H21FN6O2/c24-16-4-2-1-3-15(16)17-8-7-12-5-6-13(9-18(12)28-17)20-19(22(26)31)21(25)30(29-20)14-10-23(27,32)11-14/h1-9,14,32H,10-11,25,27H2,(H2,26,31). The summed E-state index contributed by atoms with van der Waals surface area (Å²) < 4.78 is 15.7. The van der Waals surface area contributed by atoms with E-state index in [4.69, 9.17) is 17.2 Å².